The number of aliphatic hydroxyl groups is 1. The SMILES string of the molecule is Cc1nc(C(C)C)sc1C(=O)N[C@]1(c2ccccc2)CCNC[C@H]1O. The number of hydrogen-bond acceptors (Lipinski definition) is 5. The van der Waals surface area contributed by atoms with E-state index in [1.165, 1.54) is 11.3 Å². The molecule has 1 amide bonds. The van der Waals surface area contributed by atoms with Gasteiger partial charge in [-0.15, -0.1) is 11.3 Å². The van der Waals surface area contributed by atoms with Gasteiger partial charge >= 0.3 is 0 Å². The van der Waals surface area contributed by atoms with Crippen LogP contribution >= 0.6 is 11.3 Å². The molecular formula is C19H25N3O2S. The molecule has 1 fully saturated rings. The van der Waals surface area contributed by atoms with Gasteiger partial charge in [-0.3, -0.25) is 4.79 Å². The van der Waals surface area contributed by atoms with Gasteiger partial charge in [0.05, 0.1) is 22.3 Å². The molecule has 1 aromatic carbocycles. The summed E-state index contributed by atoms with van der Waals surface area (Å²) in [7, 11) is 0. The van der Waals surface area contributed by atoms with Crippen LogP contribution in [0.4, 0.5) is 0 Å². The van der Waals surface area contributed by atoms with E-state index in [4.69, 9.17) is 0 Å². The van der Waals surface area contributed by atoms with E-state index in [0.29, 0.717) is 17.8 Å². The molecule has 1 saturated heterocycles. The number of aromatic nitrogens is 1. The molecule has 5 nitrogen and oxygen atoms in total. The Morgan fingerprint density at radius 3 is 2.72 bits per heavy atom. The molecule has 25 heavy (non-hydrogen) atoms. The Morgan fingerprint density at radius 1 is 1.40 bits per heavy atom. The number of β-amino-alcohol motifs (C(OH)–C–C–N with tert-alkyl or cyclic N) is 1. The first-order valence-corrected chi connectivity index (χ1v) is 9.50. The van der Waals surface area contributed by atoms with Gasteiger partial charge in [-0.1, -0.05) is 44.2 Å². The highest BCUT2D eigenvalue weighted by atomic mass is 32.1. The van der Waals surface area contributed by atoms with Crippen LogP contribution in [-0.4, -0.2) is 35.2 Å². The highest BCUT2D eigenvalue weighted by molar-refractivity contribution is 7.13. The van der Waals surface area contributed by atoms with E-state index >= 15 is 0 Å². The highest BCUT2D eigenvalue weighted by Gasteiger charge is 2.43. The van der Waals surface area contributed by atoms with Crippen LogP contribution in [0.25, 0.3) is 0 Å². The maximum atomic E-state index is 13.0. The van der Waals surface area contributed by atoms with Gasteiger partial charge < -0.3 is 15.7 Å². The summed E-state index contributed by atoms with van der Waals surface area (Å²) in [6, 6.07) is 9.75. The summed E-state index contributed by atoms with van der Waals surface area (Å²) in [5.74, 6) is 0.129. The fraction of sp³-hybridized carbons (Fsp3) is 0.474. The van der Waals surface area contributed by atoms with Crippen LogP contribution in [0.1, 0.15) is 52.1 Å². The molecule has 1 aliphatic rings. The molecule has 0 radical (unpaired) electrons. The minimum atomic E-state index is -0.780. The molecule has 0 unspecified atom stereocenters. The molecule has 1 aliphatic heterocycles. The van der Waals surface area contributed by atoms with Crippen molar-refractivity contribution in [2.24, 2.45) is 0 Å². The van der Waals surface area contributed by atoms with Crippen molar-refractivity contribution < 1.29 is 9.90 Å². The summed E-state index contributed by atoms with van der Waals surface area (Å²) in [5, 5.41) is 18.0. The van der Waals surface area contributed by atoms with E-state index in [2.05, 4.69) is 29.5 Å². The zero-order valence-electron chi connectivity index (χ0n) is 14.9. The Morgan fingerprint density at radius 2 is 2.12 bits per heavy atom. The third-order valence-corrected chi connectivity index (χ3v) is 6.20. The van der Waals surface area contributed by atoms with Crippen molar-refractivity contribution in [3.63, 3.8) is 0 Å². The number of nitrogens with one attached hydrogen (secondary N) is 2. The van der Waals surface area contributed by atoms with Crippen LogP contribution in [0.3, 0.4) is 0 Å². The lowest BCUT2D eigenvalue weighted by atomic mass is 9.79. The maximum absolute atomic E-state index is 13.0. The van der Waals surface area contributed by atoms with Crippen LogP contribution in [0, 0.1) is 6.92 Å². The number of aliphatic hydroxyl groups excluding tert-OH is 1. The van der Waals surface area contributed by atoms with Gasteiger partial charge in [0.1, 0.15) is 4.88 Å². The molecule has 1 aromatic heterocycles. The number of benzene rings is 1. The van der Waals surface area contributed by atoms with Crippen LogP contribution < -0.4 is 10.6 Å². The van der Waals surface area contributed by atoms with Gasteiger partial charge in [0.2, 0.25) is 0 Å². The second-order valence-corrected chi connectivity index (χ2v) is 7.91. The maximum Gasteiger partial charge on any atom is 0.264 e. The lowest BCUT2D eigenvalue weighted by Gasteiger charge is -2.42. The predicted molar refractivity (Wildman–Crippen MR) is 100 cm³/mol. The molecular weight excluding hydrogens is 334 g/mol. The number of nitrogens with zero attached hydrogens (tertiary/aromatic N) is 1. The van der Waals surface area contributed by atoms with E-state index in [1.54, 1.807) is 0 Å². The minimum absolute atomic E-state index is 0.160. The first-order valence-electron chi connectivity index (χ1n) is 8.68. The number of aryl methyl sites for hydroxylation is 1. The number of amides is 1. The van der Waals surface area contributed by atoms with Crippen LogP contribution in [-0.2, 0) is 5.54 Å². The summed E-state index contributed by atoms with van der Waals surface area (Å²) < 4.78 is 0. The number of rotatable bonds is 4. The van der Waals surface area contributed by atoms with Crippen molar-refractivity contribution in [3.8, 4) is 0 Å². The smallest absolute Gasteiger partial charge is 0.264 e. The molecule has 0 aliphatic carbocycles. The fourth-order valence-electron chi connectivity index (χ4n) is 3.29. The van der Waals surface area contributed by atoms with Gasteiger partial charge in [0, 0.05) is 12.5 Å². The van der Waals surface area contributed by atoms with E-state index in [-0.39, 0.29) is 11.8 Å². The van der Waals surface area contributed by atoms with E-state index in [0.717, 1.165) is 22.8 Å². The van der Waals surface area contributed by atoms with E-state index in [9.17, 15) is 9.90 Å². The normalized spacial score (nSPS) is 23.6. The quantitative estimate of drug-likeness (QED) is 0.784. The molecule has 0 bridgehead atoms. The molecule has 2 aromatic rings. The Bertz CT molecular complexity index is 744. The van der Waals surface area contributed by atoms with Gasteiger partial charge in [-0.25, -0.2) is 4.98 Å². The lowest BCUT2D eigenvalue weighted by molar-refractivity contribution is 0.0291. The lowest BCUT2D eigenvalue weighted by Crippen LogP contribution is -2.61. The standard InChI is InChI=1S/C19H25N3O2S/c1-12(2)18-21-13(3)16(25-18)17(24)22-19(9-10-20-11-15(19)23)14-7-5-4-6-8-14/h4-8,12,15,20,23H,9-11H2,1-3H3,(H,22,24)/t15-,19+/m1/s1. The molecule has 2 heterocycles. The summed E-state index contributed by atoms with van der Waals surface area (Å²) >= 11 is 1.44. The topological polar surface area (TPSA) is 74.2 Å². The fourth-order valence-corrected chi connectivity index (χ4v) is 4.25. The second-order valence-electron chi connectivity index (χ2n) is 6.88. The number of thiazole rings is 1. The number of piperidine rings is 1. The molecule has 3 rings (SSSR count). The van der Waals surface area contributed by atoms with Crippen molar-refractivity contribution in [1.82, 2.24) is 15.6 Å². The Labute approximate surface area is 152 Å². The molecule has 2 atom stereocenters. The van der Waals surface area contributed by atoms with E-state index in [1.807, 2.05) is 37.3 Å². The molecule has 0 spiro atoms. The van der Waals surface area contributed by atoms with Crippen molar-refractivity contribution in [1.29, 1.82) is 0 Å². The number of carbonyl (C=O) groups is 1. The number of carbonyl (C=O) groups excluding carboxylic acids is 1. The summed E-state index contributed by atoms with van der Waals surface area (Å²) in [4.78, 5) is 18.2. The second kappa shape index (κ2) is 7.23. The molecule has 134 valence electrons. The van der Waals surface area contributed by atoms with Gasteiger partial charge in [-0.05, 0) is 25.5 Å². The van der Waals surface area contributed by atoms with Crippen LogP contribution in [0.2, 0.25) is 0 Å². The average molecular weight is 359 g/mol. The van der Waals surface area contributed by atoms with Gasteiger partial charge in [0.15, 0.2) is 0 Å². The van der Waals surface area contributed by atoms with Crippen molar-refractivity contribution in [3.05, 3.63) is 51.5 Å². The van der Waals surface area contributed by atoms with Crippen LogP contribution in [0.5, 0.6) is 0 Å². The summed E-state index contributed by atoms with van der Waals surface area (Å²) in [5.41, 5.74) is 0.902. The first kappa shape index (κ1) is 18.0. The minimum Gasteiger partial charge on any atom is -0.389 e. The predicted octanol–water partition coefficient (Wildman–Crippen LogP) is 2.55. The third-order valence-electron chi connectivity index (χ3n) is 4.74. The molecule has 0 saturated carbocycles. The van der Waals surface area contributed by atoms with Crippen molar-refractivity contribution >= 4 is 17.2 Å². The van der Waals surface area contributed by atoms with Gasteiger partial charge in [-0.2, -0.15) is 0 Å². The zero-order chi connectivity index (χ0) is 18.0. The van der Waals surface area contributed by atoms with Gasteiger partial charge in [0.25, 0.3) is 5.91 Å². The zero-order valence-corrected chi connectivity index (χ0v) is 15.7. The highest BCUT2D eigenvalue weighted by Crippen LogP contribution is 2.33. The van der Waals surface area contributed by atoms with Crippen molar-refractivity contribution in [2.75, 3.05) is 13.1 Å². The van der Waals surface area contributed by atoms with Crippen LogP contribution in [0.15, 0.2) is 30.3 Å². The first-order chi connectivity index (χ1) is 11.9. The largest absolute Gasteiger partial charge is 0.389 e. The Hall–Kier alpha value is -1.76. The van der Waals surface area contributed by atoms with E-state index < -0.39 is 11.6 Å². The average Bonchev–Trinajstić information content (AvgIpc) is 3.00. The summed E-state index contributed by atoms with van der Waals surface area (Å²) in [6.07, 6.45) is -0.0517. The molecule has 3 N–H and O–H groups in total. The Kier molecular flexibility index (Phi) is 5.22. The third kappa shape index (κ3) is 3.47. The molecule has 6 heteroatoms. The number of hydrogen-bond donors (Lipinski definition) is 3. The van der Waals surface area contributed by atoms with Crippen molar-refractivity contribution in [2.45, 2.75) is 44.8 Å². The Balaban J connectivity index is 1.95. The monoisotopic (exact) mass is 359 g/mol. The summed E-state index contributed by atoms with van der Waals surface area (Å²) in [6.45, 7) is 7.20.